The molecule has 1 unspecified atom stereocenters. The fourth-order valence-corrected chi connectivity index (χ4v) is 2.12. The van der Waals surface area contributed by atoms with Crippen LogP contribution in [0.3, 0.4) is 0 Å². The van der Waals surface area contributed by atoms with E-state index >= 15 is 0 Å². The van der Waals surface area contributed by atoms with E-state index < -0.39 is 17.9 Å². The molecule has 92 valence electrons. The topological polar surface area (TPSA) is 43.4 Å². The second-order valence-corrected chi connectivity index (χ2v) is 4.25. The molecule has 0 fully saturated rings. The Hall–Kier alpha value is -0.840. The lowest BCUT2D eigenvalue weighted by atomic mass is 10.1. The number of benzene rings is 1. The van der Waals surface area contributed by atoms with E-state index in [1.807, 2.05) is 0 Å². The zero-order chi connectivity index (χ0) is 13.2. The van der Waals surface area contributed by atoms with E-state index in [1.165, 1.54) is 12.1 Å². The molecule has 1 atom stereocenters. The van der Waals surface area contributed by atoms with Crippen LogP contribution in [-0.2, 0) is 9.53 Å². The van der Waals surface area contributed by atoms with E-state index in [0.717, 1.165) is 7.11 Å². The maximum atomic E-state index is 13.4. The minimum absolute atomic E-state index is 0.126. The van der Waals surface area contributed by atoms with Crippen molar-refractivity contribution in [3.63, 3.8) is 0 Å². The van der Waals surface area contributed by atoms with Crippen molar-refractivity contribution in [1.29, 1.82) is 0 Å². The fourth-order valence-electron chi connectivity index (χ4n) is 1.11. The van der Waals surface area contributed by atoms with Gasteiger partial charge in [0.05, 0.1) is 22.7 Å². The molecule has 0 heterocycles. The van der Waals surface area contributed by atoms with Gasteiger partial charge in [0.15, 0.2) is 0 Å². The summed E-state index contributed by atoms with van der Waals surface area (Å²) >= 11 is 17.1. The predicted molar refractivity (Wildman–Crippen MR) is 62.7 cm³/mol. The Kier molecular flexibility index (Phi) is 4.74. The van der Waals surface area contributed by atoms with Gasteiger partial charge in [0.1, 0.15) is 0 Å². The smallest absolute Gasteiger partial charge is 0.348 e. The second-order valence-electron chi connectivity index (χ2n) is 2.99. The maximum absolute atomic E-state index is 13.4. The third-order valence-electron chi connectivity index (χ3n) is 1.89. The zero-order valence-corrected chi connectivity index (χ0v) is 10.7. The molecule has 0 aliphatic heterocycles. The molecule has 0 aromatic heterocycles. The number of ether oxygens (including phenoxy) is 1. The van der Waals surface area contributed by atoms with Crippen LogP contribution >= 0.6 is 34.8 Å². The van der Waals surface area contributed by atoms with Gasteiger partial charge in [0.2, 0.25) is 5.78 Å². The molecule has 3 nitrogen and oxygen atoms in total. The second kappa shape index (κ2) is 5.67. The summed E-state index contributed by atoms with van der Waals surface area (Å²) in [6.45, 7) is 0. The zero-order valence-electron chi connectivity index (χ0n) is 8.47. The number of halogens is 4. The molecule has 0 radical (unpaired) electrons. The molecule has 1 rings (SSSR count). The largest absolute Gasteiger partial charge is 0.467 e. The molecule has 1 aromatic carbocycles. The Morgan fingerprint density at radius 3 is 2.12 bits per heavy atom. The van der Waals surface area contributed by atoms with Gasteiger partial charge >= 0.3 is 5.97 Å². The lowest BCUT2D eigenvalue weighted by Crippen LogP contribution is -2.27. The van der Waals surface area contributed by atoms with Gasteiger partial charge in [-0.3, -0.25) is 4.79 Å². The van der Waals surface area contributed by atoms with E-state index in [4.69, 9.17) is 34.8 Å². The Bertz CT molecular complexity index is 453. The summed E-state index contributed by atoms with van der Waals surface area (Å²) < 4.78 is 17.5. The first kappa shape index (κ1) is 14.2. The third-order valence-corrected chi connectivity index (χ3v) is 2.71. The molecule has 0 saturated carbocycles. The van der Waals surface area contributed by atoms with Crippen LogP contribution in [0.4, 0.5) is 4.39 Å². The van der Waals surface area contributed by atoms with Crippen LogP contribution in [0, 0.1) is 0 Å². The minimum atomic E-state index is -2.46. The van der Waals surface area contributed by atoms with Crippen molar-refractivity contribution >= 4 is 46.6 Å². The Balaban J connectivity index is 3.17. The van der Waals surface area contributed by atoms with Crippen molar-refractivity contribution in [1.82, 2.24) is 0 Å². The summed E-state index contributed by atoms with van der Waals surface area (Å²) in [6, 6.07) is 2.46. The SMILES string of the molecule is COC(=O)C(F)C(=O)c1c(Cl)cc(Cl)cc1Cl. The monoisotopic (exact) mass is 298 g/mol. The molecule has 7 heteroatoms. The molecule has 0 amide bonds. The third kappa shape index (κ3) is 3.09. The minimum Gasteiger partial charge on any atom is -0.467 e. The van der Waals surface area contributed by atoms with E-state index in [2.05, 4.69) is 4.74 Å². The number of methoxy groups -OCH3 is 1. The van der Waals surface area contributed by atoms with Crippen LogP contribution in [0.1, 0.15) is 10.4 Å². The highest BCUT2D eigenvalue weighted by atomic mass is 35.5. The van der Waals surface area contributed by atoms with Crippen molar-refractivity contribution in [3.8, 4) is 0 Å². The highest BCUT2D eigenvalue weighted by Gasteiger charge is 2.31. The van der Waals surface area contributed by atoms with Crippen LogP contribution < -0.4 is 0 Å². The van der Waals surface area contributed by atoms with Crippen LogP contribution in [0.15, 0.2) is 12.1 Å². The quantitative estimate of drug-likeness (QED) is 0.488. The van der Waals surface area contributed by atoms with Gasteiger partial charge in [0, 0.05) is 5.02 Å². The van der Waals surface area contributed by atoms with E-state index in [9.17, 15) is 14.0 Å². The normalized spacial score (nSPS) is 12.1. The van der Waals surface area contributed by atoms with Gasteiger partial charge in [-0.1, -0.05) is 34.8 Å². The van der Waals surface area contributed by atoms with Gasteiger partial charge in [-0.15, -0.1) is 0 Å². The first-order valence-electron chi connectivity index (χ1n) is 4.29. The van der Waals surface area contributed by atoms with Gasteiger partial charge in [0.25, 0.3) is 6.17 Å². The van der Waals surface area contributed by atoms with E-state index in [-0.39, 0.29) is 20.6 Å². The van der Waals surface area contributed by atoms with Crippen LogP contribution in [-0.4, -0.2) is 25.0 Å². The van der Waals surface area contributed by atoms with Gasteiger partial charge in [-0.05, 0) is 12.1 Å². The van der Waals surface area contributed by atoms with Gasteiger partial charge < -0.3 is 4.74 Å². The summed E-state index contributed by atoms with van der Waals surface area (Å²) in [5.74, 6) is -2.47. The number of alkyl halides is 1. The number of rotatable bonds is 3. The first-order valence-corrected chi connectivity index (χ1v) is 5.42. The molecule has 0 N–H and O–H groups in total. The molecule has 17 heavy (non-hydrogen) atoms. The Morgan fingerprint density at radius 2 is 1.71 bits per heavy atom. The fraction of sp³-hybridized carbons (Fsp3) is 0.200. The first-order chi connectivity index (χ1) is 7.88. The van der Waals surface area contributed by atoms with Gasteiger partial charge in [-0.25, -0.2) is 9.18 Å². The standard InChI is InChI=1S/C10H6Cl3FO3/c1-17-10(16)8(14)9(15)7-5(12)2-4(11)3-6(7)13/h2-3,8H,1H3. The summed E-state index contributed by atoms with van der Waals surface area (Å²) in [5.41, 5.74) is -0.296. The molecule has 1 aromatic rings. The van der Waals surface area contributed by atoms with E-state index in [0.29, 0.717) is 0 Å². The molecule has 0 saturated heterocycles. The molecule has 0 aliphatic rings. The van der Waals surface area contributed by atoms with Crippen LogP contribution in [0.5, 0.6) is 0 Å². The predicted octanol–water partition coefficient (Wildman–Crippen LogP) is 3.34. The highest BCUT2D eigenvalue weighted by molar-refractivity contribution is 6.43. The number of esters is 1. The van der Waals surface area contributed by atoms with Crippen molar-refractivity contribution < 1.29 is 18.7 Å². The Morgan fingerprint density at radius 1 is 1.24 bits per heavy atom. The number of carbonyl (C=O) groups is 2. The summed E-state index contributed by atoms with van der Waals surface area (Å²) in [6.07, 6.45) is -2.46. The highest BCUT2D eigenvalue weighted by Crippen LogP contribution is 2.30. The van der Waals surface area contributed by atoms with Gasteiger partial charge in [-0.2, -0.15) is 0 Å². The van der Waals surface area contributed by atoms with Crippen molar-refractivity contribution in [2.45, 2.75) is 6.17 Å². The van der Waals surface area contributed by atoms with Crippen molar-refractivity contribution in [2.24, 2.45) is 0 Å². The Labute approximate surface area is 111 Å². The lowest BCUT2D eigenvalue weighted by Gasteiger charge is -2.09. The summed E-state index contributed by atoms with van der Waals surface area (Å²) in [5, 5.41) is -0.0527. The van der Waals surface area contributed by atoms with Crippen LogP contribution in [0.25, 0.3) is 0 Å². The number of carbonyl (C=O) groups excluding carboxylic acids is 2. The average molecular weight is 300 g/mol. The summed E-state index contributed by atoms with van der Waals surface area (Å²) in [7, 11) is 0.966. The van der Waals surface area contributed by atoms with Crippen molar-refractivity contribution in [2.75, 3.05) is 7.11 Å². The molecular formula is C10H6Cl3FO3. The molecule has 0 spiro atoms. The molecular weight excluding hydrogens is 293 g/mol. The number of hydrogen-bond acceptors (Lipinski definition) is 3. The van der Waals surface area contributed by atoms with Crippen molar-refractivity contribution in [3.05, 3.63) is 32.8 Å². The average Bonchev–Trinajstić information content (AvgIpc) is 2.25. The maximum Gasteiger partial charge on any atom is 0.348 e. The number of Topliss-reactive ketones (excluding diaryl/α,β-unsaturated/α-hetero) is 1. The number of ketones is 1. The molecule has 0 aliphatic carbocycles. The molecule has 0 bridgehead atoms. The van der Waals surface area contributed by atoms with Crippen LogP contribution in [0.2, 0.25) is 15.1 Å². The summed E-state index contributed by atoms with van der Waals surface area (Å²) in [4.78, 5) is 22.5. The lowest BCUT2D eigenvalue weighted by molar-refractivity contribution is -0.144. The number of hydrogen-bond donors (Lipinski definition) is 0. The van der Waals surface area contributed by atoms with E-state index in [1.54, 1.807) is 0 Å².